The van der Waals surface area contributed by atoms with Gasteiger partial charge in [0, 0.05) is 24.8 Å². The summed E-state index contributed by atoms with van der Waals surface area (Å²) in [5, 5.41) is 2.87. The van der Waals surface area contributed by atoms with E-state index in [1.54, 1.807) is 45.2 Å². The molecule has 2 heterocycles. The van der Waals surface area contributed by atoms with Crippen LogP contribution >= 0.6 is 0 Å². The quantitative estimate of drug-likeness (QED) is 0.430. The van der Waals surface area contributed by atoms with E-state index in [1.807, 2.05) is 27.7 Å². The standard InChI is InChI=1S/C26H31BF4N2O3/c1-15-8-13-21(34)33(7)20(27-35-25(3,4)26(5,6)36-27)12-9-17(14-15)16(2)32-19-11-10-18(28)23(29)22(19)24(30)31/h8-14,16,24,32H,1-7H3/t16-/m1/s1. The summed E-state index contributed by atoms with van der Waals surface area (Å²) in [7, 11) is 0.773. The molecule has 3 rings (SSSR count). The molecular weight excluding hydrogens is 475 g/mol. The van der Waals surface area contributed by atoms with E-state index < -0.39 is 48.0 Å². The van der Waals surface area contributed by atoms with E-state index in [-0.39, 0.29) is 11.2 Å². The first-order chi connectivity index (χ1) is 16.6. The lowest BCUT2D eigenvalue weighted by atomic mass is 9.84. The lowest BCUT2D eigenvalue weighted by Gasteiger charge is -2.32. The molecule has 2 aromatic rings. The first-order valence-electron chi connectivity index (χ1n) is 11.6. The smallest absolute Gasteiger partial charge is 0.398 e. The van der Waals surface area contributed by atoms with E-state index in [4.69, 9.17) is 9.31 Å². The van der Waals surface area contributed by atoms with Gasteiger partial charge in [0.15, 0.2) is 11.6 Å². The van der Waals surface area contributed by atoms with Crippen LogP contribution in [0.4, 0.5) is 23.2 Å². The maximum Gasteiger partial charge on any atom is 0.512 e. The van der Waals surface area contributed by atoms with Crippen LogP contribution in [0.15, 0.2) is 47.3 Å². The molecule has 0 unspecified atom stereocenters. The molecule has 1 aromatic heterocycles. The van der Waals surface area contributed by atoms with Gasteiger partial charge in [-0.05, 0) is 65.3 Å². The van der Waals surface area contributed by atoms with Crippen molar-refractivity contribution >= 4 is 18.4 Å². The highest BCUT2D eigenvalue weighted by atomic mass is 19.3. The summed E-state index contributed by atoms with van der Waals surface area (Å²) in [5.41, 5.74) is -0.979. The average molecular weight is 506 g/mol. The van der Waals surface area contributed by atoms with Gasteiger partial charge in [-0.15, -0.1) is 0 Å². The van der Waals surface area contributed by atoms with Gasteiger partial charge in [-0.3, -0.25) is 4.79 Å². The Morgan fingerprint density at radius 1 is 0.972 bits per heavy atom. The Balaban J connectivity index is 2.12. The Kier molecular flexibility index (Phi) is 7.90. The number of halogens is 4. The normalized spacial score (nSPS) is 17.2. The van der Waals surface area contributed by atoms with E-state index in [1.165, 1.54) is 10.6 Å². The number of hydrogen-bond acceptors (Lipinski definition) is 4. The van der Waals surface area contributed by atoms with Crippen molar-refractivity contribution in [1.29, 1.82) is 0 Å². The third kappa shape index (κ3) is 5.60. The minimum absolute atomic E-state index is 0.210. The molecular formula is C26H31BF4N2O3. The number of aromatic nitrogens is 1. The molecule has 0 bridgehead atoms. The summed E-state index contributed by atoms with van der Waals surface area (Å²) >= 11 is 0. The predicted molar refractivity (Wildman–Crippen MR) is 133 cm³/mol. The van der Waals surface area contributed by atoms with Crippen molar-refractivity contribution in [2.24, 2.45) is 7.05 Å². The number of aryl methyl sites for hydroxylation is 1. The first kappa shape index (κ1) is 27.7. The van der Waals surface area contributed by atoms with Crippen molar-refractivity contribution in [1.82, 2.24) is 4.57 Å². The minimum Gasteiger partial charge on any atom is -0.398 e. The van der Waals surface area contributed by atoms with Crippen molar-refractivity contribution in [3.05, 3.63) is 81.1 Å². The molecule has 0 saturated carbocycles. The molecule has 1 fully saturated rings. The molecule has 36 heavy (non-hydrogen) atoms. The Morgan fingerprint density at radius 3 is 2.17 bits per heavy atom. The summed E-state index contributed by atoms with van der Waals surface area (Å²) in [6.07, 6.45) is -3.21. The van der Waals surface area contributed by atoms with Crippen LogP contribution in [0.5, 0.6) is 0 Å². The number of rotatable bonds is 5. The second-order valence-corrected chi connectivity index (χ2v) is 9.95. The van der Waals surface area contributed by atoms with Crippen LogP contribution < -0.4 is 16.5 Å². The van der Waals surface area contributed by atoms with Crippen LogP contribution in [-0.4, -0.2) is 22.9 Å². The number of nitrogens with one attached hydrogen (secondary N) is 1. The maximum absolute atomic E-state index is 14.1. The first-order valence-corrected chi connectivity index (χ1v) is 11.6. The van der Waals surface area contributed by atoms with Gasteiger partial charge in [-0.1, -0.05) is 23.8 Å². The topological polar surface area (TPSA) is 52.5 Å². The van der Waals surface area contributed by atoms with Gasteiger partial charge in [-0.2, -0.15) is 0 Å². The summed E-state index contributed by atoms with van der Waals surface area (Å²) in [4.78, 5) is 12.8. The molecule has 0 spiro atoms. The predicted octanol–water partition coefficient (Wildman–Crippen LogP) is 5.51. The molecule has 0 radical (unpaired) electrons. The van der Waals surface area contributed by atoms with Gasteiger partial charge < -0.3 is 19.2 Å². The highest BCUT2D eigenvalue weighted by Gasteiger charge is 2.52. The van der Waals surface area contributed by atoms with Crippen molar-refractivity contribution in [2.45, 2.75) is 65.2 Å². The molecule has 1 aliphatic rings. The Labute approximate surface area is 208 Å². The third-order valence-electron chi connectivity index (χ3n) is 6.77. The van der Waals surface area contributed by atoms with Crippen LogP contribution in [0.2, 0.25) is 0 Å². The second kappa shape index (κ2) is 10.3. The van der Waals surface area contributed by atoms with Gasteiger partial charge >= 0.3 is 7.12 Å². The van der Waals surface area contributed by atoms with Crippen molar-refractivity contribution in [3.63, 3.8) is 0 Å². The zero-order valence-electron chi connectivity index (χ0n) is 21.5. The van der Waals surface area contributed by atoms with Crippen molar-refractivity contribution < 1.29 is 26.9 Å². The monoisotopic (exact) mass is 506 g/mol. The van der Waals surface area contributed by atoms with Gasteiger partial charge in [0.05, 0.1) is 22.4 Å². The number of benzene rings is 1. The largest absolute Gasteiger partial charge is 0.512 e. The number of anilines is 1. The fourth-order valence-corrected chi connectivity index (χ4v) is 3.79. The van der Waals surface area contributed by atoms with E-state index in [2.05, 4.69) is 5.32 Å². The van der Waals surface area contributed by atoms with Crippen molar-refractivity contribution in [2.75, 3.05) is 5.32 Å². The van der Waals surface area contributed by atoms with Crippen LogP contribution in [0.25, 0.3) is 0 Å². The minimum atomic E-state index is -3.21. The summed E-state index contributed by atoms with van der Waals surface area (Å²) < 4.78 is 68.4. The summed E-state index contributed by atoms with van der Waals surface area (Å²) in [5.74, 6) is -2.93. The van der Waals surface area contributed by atoms with E-state index in [9.17, 15) is 22.4 Å². The maximum atomic E-state index is 14.1. The Hall–Kier alpha value is -2.85. The van der Waals surface area contributed by atoms with Crippen LogP contribution in [0.3, 0.4) is 0 Å². The SMILES string of the molecule is Cc1ccc(=O)n(C)c(B2OC(C)(C)C(C)(C)O2)ccc([C@@H](C)Nc2ccc(F)c(F)c2C(F)F)c1. The number of hydrogen-bond donors (Lipinski definition) is 1. The Morgan fingerprint density at radius 2 is 1.58 bits per heavy atom. The van der Waals surface area contributed by atoms with Gasteiger partial charge in [0.2, 0.25) is 5.56 Å². The number of alkyl halides is 2. The second-order valence-electron chi connectivity index (χ2n) is 9.95. The molecule has 1 saturated heterocycles. The Bertz CT molecular complexity index is 1250. The third-order valence-corrected chi connectivity index (χ3v) is 6.77. The average Bonchev–Trinajstić information content (AvgIpc) is 2.99. The molecule has 1 aromatic carbocycles. The molecule has 1 aliphatic heterocycles. The zero-order valence-corrected chi connectivity index (χ0v) is 21.5. The number of nitrogens with zero attached hydrogens (tertiary/aromatic N) is 1. The van der Waals surface area contributed by atoms with Crippen LogP contribution in [0.1, 0.15) is 63.8 Å². The van der Waals surface area contributed by atoms with E-state index in [0.717, 1.165) is 17.7 Å². The van der Waals surface area contributed by atoms with Crippen LogP contribution in [-0.2, 0) is 16.4 Å². The van der Waals surface area contributed by atoms with E-state index in [0.29, 0.717) is 11.2 Å². The zero-order chi connectivity index (χ0) is 27.0. The molecule has 1 N–H and O–H groups in total. The summed E-state index contributed by atoms with van der Waals surface area (Å²) in [6.45, 7) is 11.1. The van der Waals surface area contributed by atoms with Crippen molar-refractivity contribution in [3.8, 4) is 0 Å². The van der Waals surface area contributed by atoms with Gasteiger partial charge in [0.1, 0.15) is 0 Å². The lowest BCUT2D eigenvalue weighted by Crippen LogP contribution is -2.43. The van der Waals surface area contributed by atoms with E-state index >= 15 is 0 Å². The fourth-order valence-electron chi connectivity index (χ4n) is 3.79. The molecule has 1 atom stereocenters. The van der Waals surface area contributed by atoms with Gasteiger partial charge in [-0.25, -0.2) is 17.6 Å². The molecule has 10 heteroatoms. The summed E-state index contributed by atoms with van der Waals surface area (Å²) in [6, 6.07) is 9.51. The lowest BCUT2D eigenvalue weighted by molar-refractivity contribution is 0.00578. The molecule has 5 nitrogen and oxygen atoms in total. The van der Waals surface area contributed by atoms with Gasteiger partial charge in [0.25, 0.3) is 6.43 Å². The molecule has 194 valence electrons. The highest BCUT2D eigenvalue weighted by molar-refractivity contribution is 6.61. The molecule has 0 aliphatic carbocycles. The highest BCUT2D eigenvalue weighted by Crippen LogP contribution is 2.36. The molecule has 0 amide bonds. The fraction of sp³-hybridized carbons (Fsp3) is 0.423. The van der Waals surface area contributed by atoms with Crippen LogP contribution in [0, 0.1) is 18.6 Å².